The Morgan fingerprint density at radius 3 is 2.74 bits per heavy atom. The number of aromatic hydroxyl groups is 1. The van der Waals surface area contributed by atoms with E-state index in [1.54, 1.807) is 0 Å². The van der Waals surface area contributed by atoms with Crippen LogP contribution >= 0.6 is 0 Å². The lowest BCUT2D eigenvalue weighted by Crippen LogP contribution is -2.45. The van der Waals surface area contributed by atoms with Gasteiger partial charge in [0.15, 0.2) is 5.82 Å². The first-order valence-corrected chi connectivity index (χ1v) is 12.8. The van der Waals surface area contributed by atoms with Crippen LogP contribution in [0.4, 0.5) is 0 Å². The molecular weight excluding hydrogens is 436 g/mol. The van der Waals surface area contributed by atoms with Gasteiger partial charge in [0.2, 0.25) is 0 Å². The van der Waals surface area contributed by atoms with E-state index >= 15 is 0 Å². The number of H-pyrrole nitrogens is 2. The maximum Gasteiger partial charge on any atom is 0.159 e. The number of nitrogens with zero attached hydrogens (tertiary/aromatic N) is 4. The third-order valence-corrected chi connectivity index (χ3v) is 7.97. The number of rotatable bonds is 4. The van der Waals surface area contributed by atoms with E-state index < -0.39 is 0 Å². The van der Waals surface area contributed by atoms with Crippen molar-refractivity contribution in [2.75, 3.05) is 26.7 Å². The minimum atomic E-state index is 0.353. The summed E-state index contributed by atoms with van der Waals surface area (Å²) in [5.41, 5.74) is 8.60. The van der Waals surface area contributed by atoms with Gasteiger partial charge in [-0.05, 0) is 92.8 Å². The molecular formula is C28H34N6O. The van der Waals surface area contributed by atoms with E-state index in [1.807, 2.05) is 13.0 Å². The molecule has 4 aromatic rings. The van der Waals surface area contributed by atoms with Gasteiger partial charge >= 0.3 is 0 Å². The molecule has 1 fully saturated rings. The van der Waals surface area contributed by atoms with Crippen molar-refractivity contribution in [3.8, 4) is 28.4 Å². The lowest BCUT2D eigenvalue weighted by atomic mass is 9.95. The van der Waals surface area contributed by atoms with Crippen LogP contribution in [0.25, 0.3) is 33.5 Å². The number of phenols is 1. The molecule has 2 aromatic heterocycles. The number of benzene rings is 2. The Balaban J connectivity index is 1.28. The van der Waals surface area contributed by atoms with E-state index in [2.05, 4.69) is 63.2 Å². The van der Waals surface area contributed by atoms with Crippen molar-refractivity contribution in [2.45, 2.75) is 52.1 Å². The Hall–Kier alpha value is -3.16. The van der Waals surface area contributed by atoms with Crippen molar-refractivity contribution in [1.82, 2.24) is 30.0 Å². The summed E-state index contributed by atoms with van der Waals surface area (Å²) in [7, 11) is 2.22. The molecule has 0 unspecified atom stereocenters. The van der Waals surface area contributed by atoms with Crippen molar-refractivity contribution < 1.29 is 5.11 Å². The monoisotopic (exact) mass is 470 g/mol. The zero-order valence-corrected chi connectivity index (χ0v) is 20.9. The second kappa shape index (κ2) is 8.81. The highest BCUT2D eigenvalue weighted by molar-refractivity contribution is 5.94. The van der Waals surface area contributed by atoms with Gasteiger partial charge in [0.1, 0.15) is 11.4 Å². The van der Waals surface area contributed by atoms with Gasteiger partial charge in [-0.25, -0.2) is 4.98 Å². The molecule has 0 radical (unpaired) electrons. The summed E-state index contributed by atoms with van der Waals surface area (Å²) < 4.78 is 0. The quantitative estimate of drug-likeness (QED) is 0.404. The molecule has 0 aliphatic carbocycles. The van der Waals surface area contributed by atoms with Gasteiger partial charge < -0.3 is 15.0 Å². The highest BCUT2D eigenvalue weighted by Crippen LogP contribution is 2.34. The molecule has 4 heterocycles. The van der Waals surface area contributed by atoms with Crippen LogP contribution in [0, 0.1) is 6.92 Å². The molecule has 7 nitrogen and oxygen atoms in total. The van der Waals surface area contributed by atoms with Crippen LogP contribution in [0.1, 0.15) is 42.3 Å². The zero-order valence-electron chi connectivity index (χ0n) is 20.9. The molecule has 7 heteroatoms. The van der Waals surface area contributed by atoms with Crippen molar-refractivity contribution in [1.29, 1.82) is 0 Å². The number of fused-ring (bicyclic) bond motifs is 2. The van der Waals surface area contributed by atoms with E-state index in [1.165, 1.54) is 37.3 Å². The van der Waals surface area contributed by atoms with Gasteiger partial charge in [0, 0.05) is 30.9 Å². The zero-order chi connectivity index (χ0) is 24.1. The van der Waals surface area contributed by atoms with Crippen LogP contribution in [0.2, 0.25) is 0 Å². The first-order valence-electron chi connectivity index (χ1n) is 12.8. The molecule has 2 aromatic carbocycles. The number of imidazole rings is 1. The van der Waals surface area contributed by atoms with Crippen LogP contribution in [0.15, 0.2) is 30.3 Å². The van der Waals surface area contributed by atoms with Gasteiger partial charge in [-0.1, -0.05) is 13.0 Å². The molecule has 182 valence electrons. The Morgan fingerprint density at radius 2 is 1.94 bits per heavy atom. The fraction of sp³-hybridized carbons (Fsp3) is 0.429. The van der Waals surface area contributed by atoms with Crippen molar-refractivity contribution in [2.24, 2.45) is 0 Å². The maximum absolute atomic E-state index is 10.1. The second-order valence-corrected chi connectivity index (χ2v) is 10.2. The molecule has 35 heavy (non-hydrogen) atoms. The SMILES string of the molecule is CCc1cc(O)c(C)cc1-c1ccc2c(-c3nc4c([nH]3)CN(C3CCN(C)CC3)CC4)n[nH]c2c1. The molecule has 0 saturated carbocycles. The Morgan fingerprint density at radius 1 is 1.11 bits per heavy atom. The Bertz CT molecular complexity index is 1380. The Kier molecular flexibility index (Phi) is 5.61. The summed E-state index contributed by atoms with van der Waals surface area (Å²) in [6, 6.07) is 11.1. The largest absolute Gasteiger partial charge is 0.508 e. The highest BCUT2D eigenvalue weighted by Gasteiger charge is 2.28. The second-order valence-electron chi connectivity index (χ2n) is 10.2. The standard InChI is InChI=1S/C28H34N6O/c1-4-18-15-26(35)17(2)13-22(18)19-5-6-21-24(14-19)31-32-27(21)28-29-23-9-12-34(16-25(23)30-28)20-7-10-33(3)11-8-20/h5-6,13-15,20,35H,4,7-12,16H2,1-3H3,(H,29,30)(H,31,32). The van der Waals surface area contributed by atoms with Gasteiger partial charge in [-0.2, -0.15) is 5.10 Å². The number of hydrogen-bond donors (Lipinski definition) is 3. The fourth-order valence-electron chi connectivity index (χ4n) is 5.77. The van der Waals surface area contributed by atoms with Crippen LogP contribution in [-0.4, -0.2) is 67.8 Å². The normalized spacial score (nSPS) is 17.8. The predicted molar refractivity (Wildman–Crippen MR) is 140 cm³/mol. The smallest absolute Gasteiger partial charge is 0.159 e. The van der Waals surface area contributed by atoms with E-state index in [4.69, 9.17) is 4.98 Å². The first-order chi connectivity index (χ1) is 17.0. The number of piperidine rings is 1. The lowest BCUT2D eigenvalue weighted by Gasteiger charge is -2.38. The third-order valence-electron chi connectivity index (χ3n) is 7.97. The lowest BCUT2D eigenvalue weighted by molar-refractivity contribution is 0.108. The van der Waals surface area contributed by atoms with E-state index in [9.17, 15) is 5.11 Å². The van der Waals surface area contributed by atoms with Gasteiger partial charge in [0.25, 0.3) is 0 Å². The summed E-state index contributed by atoms with van der Waals surface area (Å²) in [6.07, 6.45) is 4.35. The van der Waals surface area contributed by atoms with Crippen LogP contribution in [-0.2, 0) is 19.4 Å². The van der Waals surface area contributed by atoms with E-state index in [0.717, 1.165) is 70.6 Å². The topological polar surface area (TPSA) is 84.1 Å². The Labute approximate surface area is 206 Å². The molecule has 0 spiro atoms. The maximum atomic E-state index is 10.1. The van der Waals surface area contributed by atoms with Crippen LogP contribution in [0.5, 0.6) is 5.75 Å². The molecule has 3 N–H and O–H groups in total. The summed E-state index contributed by atoms with van der Waals surface area (Å²) in [5, 5.41) is 19.1. The van der Waals surface area contributed by atoms with Gasteiger partial charge in [0.05, 0.1) is 16.9 Å². The molecule has 2 aliphatic rings. The highest BCUT2D eigenvalue weighted by atomic mass is 16.3. The van der Waals surface area contributed by atoms with E-state index in [-0.39, 0.29) is 0 Å². The minimum Gasteiger partial charge on any atom is -0.508 e. The predicted octanol–water partition coefficient (Wildman–Crippen LogP) is 4.65. The molecule has 2 aliphatic heterocycles. The number of nitrogens with one attached hydrogen (secondary N) is 2. The summed E-state index contributed by atoms with van der Waals surface area (Å²) >= 11 is 0. The molecule has 6 rings (SSSR count). The molecule has 0 atom stereocenters. The van der Waals surface area contributed by atoms with Gasteiger partial charge in [-0.15, -0.1) is 0 Å². The summed E-state index contributed by atoms with van der Waals surface area (Å²) in [6.45, 7) is 8.47. The van der Waals surface area contributed by atoms with Crippen LogP contribution < -0.4 is 0 Å². The first kappa shape index (κ1) is 22.3. The third kappa shape index (κ3) is 4.02. The van der Waals surface area contributed by atoms with Crippen LogP contribution in [0.3, 0.4) is 0 Å². The number of phenolic OH excluding ortho intramolecular Hbond substituents is 1. The molecule has 0 amide bonds. The summed E-state index contributed by atoms with van der Waals surface area (Å²) in [5.74, 6) is 1.21. The molecule has 0 bridgehead atoms. The summed E-state index contributed by atoms with van der Waals surface area (Å²) in [4.78, 5) is 13.6. The van der Waals surface area contributed by atoms with Crippen molar-refractivity contribution in [3.05, 3.63) is 52.8 Å². The number of aromatic nitrogens is 4. The molecule has 1 saturated heterocycles. The van der Waals surface area contributed by atoms with E-state index in [0.29, 0.717) is 11.8 Å². The number of aryl methyl sites for hydroxylation is 2. The number of aromatic amines is 2. The number of hydrogen-bond acceptors (Lipinski definition) is 5. The fourth-order valence-corrected chi connectivity index (χ4v) is 5.77. The van der Waals surface area contributed by atoms with Crippen molar-refractivity contribution >= 4 is 10.9 Å². The average molecular weight is 471 g/mol. The average Bonchev–Trinajstić information content (AvgIpc) is 3.48. The van der Waals surface area contributed by atoms with Gasteiger partial charge in [-0.3, -0.25) is 10.00 Å². The minimum absolute atomic E-state index is 0.353. The number of likely N-dealkylation sites (tertiary alicyclic amines) is 1. The van der Waals surface area contributed by atoms with Crippen molar-refractivity contribution in [3.63, 3.8) is 0 Å².